The van der Waals surface area contributed by atoms with Gasteiger partial charge in [0, 0.05) is 37.3 Å². The summed E-state index contributed by atoms with van der Waals surface area (Å²) in [6.07, 6.45) is 4.35. The third kappa shape index (κ3) is 4.28. The molecule has 0 bridgehead atoms. The van der Waals surface area contributed by atoms with Crippen LogP contribution in [0.3, 0.4) is 0 Å². The first-order valence-electron chi connectivity index (χ1n) is 11.3. The molecule has 0 saturated carbocycles. The summed E-state index contributed by atoms with van der Waals surface area (Å²) in [5.41, 5.74) is 1.93. The van der Waals surface area contributed by atoms with Crippen LogP contribution in [0, 0.1) is 11.6 Å². The fourth-order valence-electron chi connectivity index (χ4n) is 4.21. The molecular formula is C24H26F2N8. The number of hydrogen-bond donors (Lipinski definition) is 2. The lowest BCUT2D eigenvalue weighted by Crippen LogP contribution is -2.49. The Labute approximate surface area is 196 Å². The molecule has 34 heavy (non-hydrogen) atoms. The van der Waals surface area contributed by atoms with E-state index in [4.69, 9.17) is 0 Å². The number of nitrogens with one attached hydrogen (secondary N) is 2. The smallest absolute Gasteiger partial charge is 0.229 e. The predicted octanol–water partition coefficient (Wildman–Crippen LogP) is 4.29. The molecule has 2 N–H and O–H groups in total. The summed E-state index contributed by atoms with van der Waals surface area (Å²) in [5.74, 6) is -0.420. The van der Waals surface area contributed by atoms with Gasteiger partial charge in [-0.05, 0) is 45.0 Å². The fourth-order valence-corrected chi connectivity index (χ4v) is 4.21. The molecular weight excluding hydrogens is 438 g/mol. The van der Waals surface area contributed by atoms with Gasteiger partial charge in [-0.15, -0.1) is 0 Å². The first-order valence-corrected chi connectivity index (χ1v) is 11.3. The van der Waals surface area contributed by atoms with Crippen LogP contribution in [0.2, 0.25) is 0 Å². The van der Waals surface area contributed by atoms with Gasteiger partial charge in [-0.25, -0.2) is 23.7 Å². The SMILES string of the molecule is CC1CN(c2ccc(Nc3ncc(F)c(-c4cc(F)c5cnn(C(C)C)c5c4)n3)nc2)CCN1. The Morgan fingerprint density at radius 3 is 2.68 bits per heavy atom. The predicted molar refractivity (Wildman–Crippen MR) is 128 cm³/mol. The topological polar surface area (TPSA) is 83.8 Å². The van der Waals surface area contributed by atoms with E-state index in [1.165, 1.54) is 12.3 Å². The van der Waals surface area contributed by atoms with Gasteiger partial charge in [0.25, 0.3) is 0 Å². The molecule has 1 saturated heterocycles. The highest BCUT2D eigenvalue weighted by Gasteiger charge is 2.18. The first-order chi connectivity index (χ1) is 16.4. The normalized spacial score (nSPS) is 16.4. The quantitative estimate of drug-likeness (QED) is 0.456. The number of pyridine rings is 1. The number of hydrogen-bond acceptors (Lipinski definition) is 7. The van der Waals surface area contributed by atoms with E-state index in [9.17, 15) is 8.78 Å². The largest absolute Gasteiger partial charge is 0.367 e. The van der Waals surface area contributed by atoms with E-state index in [0.717, 1.165) is 31.5 Å². The van der Waals surface area contributed by atoms with Gasteiger partial charge in [0.1, 0.15) is 17.3 Å². The Balaban J connectivity index is 1.42. The van der Waals surface area contributed by atoms with Crippen LogP contribution in [0.15, 0.2) is 42.9 Å². The summed E-state index contributed by atoms with van der Waals surface area (Å²) >= 11 is 0. The zero-order valence-electron chi connectivity index (χ0n) is 19.3. The van der Waals surface area contributed by atoms with E-state index >= 15 is 0 Å². The van der Waals surface area contributed by atoms with Crippen LogP contribution in [-0.4, -0.2) is 50.4 Å². The van der Waals surface area contributed by atoms with Crippen LogP contribution in [0.4, 0.5) is 26.2 Å². The molecule has 4 heterocycles. The number of nitrogens with zero attached hydrogens (tertiary/aromatic N) is 6. The number of piperazine rings is 1. The number of halogens is 2. The molecule has 1 aromatic carbocycles. The summed E-state index contributed by atoms with van der Waals surface area (Å²) in [5, 5.41) is 11.1. The Morgan fingerprint density at radius 2 is 1.94 bits per heavy atom. The number of rotatable bonds is 5. The lowest BCUT2D eigenvalue weighted by molar-refractivity contribution is 0.484. The molecule has 0 amide bonds. The highest BCUT2D eigenvalue weighted by atomic mass is 19.1. The number of fused-ring (bicyclic) bond motifs is 1. The van der Waals surface area contributed by atoms with Gasteiger partial charge in [-0.1, -0.05) is 0 Å². The van der Waals surface area contributed by atoms with Gasteiger partial charge >= 0.3 is 0 Å². The van der Waals surface area contributed by atoms with Gasteiger partial charge in [-0.3, -0.25) is 4.68 Å². The highest BCUT2D eigenvalue weighted by Crippen LogP contribution is 2.29. The average Bonchev–Trinajstić information content (AvgIpc) is 3.26. The molecule has 0 aliphatic carbocycles. The van der Waals surface area contributed by atoms with Crippen molar-refractivity contribution in [1.29, 1.82) is 0 Å². The molecule has 1 atom stereocenters. The van der Waals surface area contributed by atoms with E-state index in [1.807, 2.05) is 26.0 Å². The molecule has 8 nitrogen and oxygen atoms in total. The van der Waals surface area contributed by atoms with Crippen molar-refractivity contribution in [2.45, 2.75) is 32.9 Å². The van der Waals surface area contributed by atoms with Crippen LogP contribution < -0.4 is 15.5 Å². The second-order valence-corrected chi connectivity index (χ2v) is 8.79. The van der Waals surface area contributed by atoms with Gasteiger partial charge < -0.3 is 15.5 Å². The molecule has 1 unspecified atom stereocenters. The highest BCUT2D eigenvalue weighted by molar-refractivity contribution is 5.84. The zero-order valence-corrected chi connectivity index (χ0v) is 19.3. The van der Waals surface area contributed by atoms with E-state index < -0.39 is 11.6 Å². The summed E-state index contributed by atoms with van der Waals surface area (Å²) < 4.78 is 31.1. The summed E-state index contributed by atoms with van der Waals surface area (Å²) in [7, 11) is 0. The van der Waals surface area contributed by atoms with Gasteiger partial charge in [0.05, 0.1) is 35.2 Å². The van der Waals surface area contributed by atoms with Crippen molar-refractivity contribution in [3.63, 3.8) is 0 Å². The van der Waals surface area contributed by atoms with Crippen LogP contribution >= 0.6 is 0 Å². The Bertz CT molecular complexity index is 1320. The molecule has 10 heteroatoms. The standard InChI is InChI=1S/C24H26F2N8/c1-14(2)34-21-9-16(8-19(25)18(21)11-30-34)23-20(26)12-29-24(32-23)31-22-5-4-17(10-28-22)33-7-6-27-15(3)13-33/h4-5,8-12,14-15,27H,6-7,13H2,1-3H3,(H,28,29,31,32). The minimum atomic E-state index is -0.643. The minimum absolute atomic E-state index is 0.00114. The molecule has 1 fully saturated rings. The molecule has 1 aliphatic heterocycles. The maximum Gasteiger partial charge on any atom is 0.229 e. The molecule has 0 radical (unpaired) electrons. The second kappa shape index (κ2) is 8.94. The Hall–Kier alpha value is -3.66. The van der Waals surface area contributed by atoms with Crippen molar-refractivity contribution < 1.29 is 8.78 Å². The van der Waals surface area contributed by atoms with Gasteiger partial charge in [0.2, 0.25) is 5.95 Å². The number of anilines is 3. The zero-order chi connectivity index (χ0) is 23.8. The minimum Gasteiger partial charge on any atom is -0.367 e. The first kappa shape index (κ1) is 22.1. The van der Waals surface area contributed by atoms with Crippen LogP contribution in [0.5, 0.6) is 0 Å². The third-order valence-electron chi connectivity index (χ3n) is 5.89. The number of aromatic nitrogens is 5. The van der Waals surface area contributed by atoms with Crippen LogP contribution in [0.25, 0.3) is 22.2 Å². The number of benzene rings is 1. The Kier molecular flexibility index (Phi) is 5.82. The molecule has 4 aromatic rings. The van der Waals surface area contributed by atoms with Crippen LogP contribution in [0.1, 0.15) is 26.8 Å². The molecule has 0 spiro atoms. The van der Waals surface area contributed by atoms with E-state index in [2.05, 4.69) is 42.5 Å². The summed E-state index contributed by atoms with van der Waals surface area (Å²) in [6, 6.07) is 7.22. The maximum absolute atomic E-state index is 14.8. The van der Waals surface area contributed by atoms with Gasteiger partial charge in [0.15, 0.2) is 5.82 Å². The third-order valence-corrected chi connectivity index (χ3v) is 5.89. The lowest BCUT2D eigenvalue weighted by Gasteiger charge is -2.33. The molecule has 5 rings (SSSR count). The van der Waals surface area contributed by atoms with Crippen molar-refractivity contribution in [2.24, 2.45) is 0 Å². The fraction of sp³-hybridized carbons (Fsp3) is 0.333. The van der Waals surface area contributed by atoms with E-state index in [1.54, 1.807) is 16.9 Å². The molecule has 176 valence electrons. The summed E-state index contributed by atoms with van der Waals surface area (Å²) in [6.45, 7) is 8.81. The monoisotopic (exact) mass is 464 g/mol. The van der Waals surface area contributed by atoms with Crippen molar-refractivity contribution in [1.82, 2.24) is 30.0 Å². The van der Waals surface area contributed by atoms with Crippen molar-refractivity contribution in [2.75, 3.05) is 29.9 Å². The van der Waals surface area contributed by atoms with Crippen molar-refractivity contribution in [3.8, 4) is 11.3 Å². The molecule has 1 aliphatic rings. The lowest BCUT2D eigenvalue weighted by atomic mass is 10.1. The van der Waals surface area contributed by atoms with E-state index in [-0.39, 0.29) is 17.7 Å². The summed E-state index contributed by atoms with van der Waals surface area (Å²) in [4.78, 5) is 15.1. The van der Waals surface area contributed by atoms with Crippen molar-refractivity contribution in [3.05, 3.63) is 54.5 Å². The average molecular weight is 465 g/mol. The van der Waals surface area contributed by atoms with E-state index in [0.29, 0.717) is 28.3 Å². The second-order valence-electron chi connectivity index (χ2n) is 8.79. The Morgan fingerprint density at radius 1 is 1.09 bits per heavy atom. The molecule has 3 aromatic heterocycles. The maximum atomic E-state index is 14.8. The van der Waals surface area contributed by atoms with Crippen LogP contribution in [-0.2, 0) is 0 Å². The van der Waals surface area contributed by atoms with Gasteiger partial charge in [-0.2, -0.15) is 5.10 Å². The van der Waals surface area contributed by atoms with Crippen molar-refractivity contribution >= 4 is 28.4 Å².